The van der Waals surface area contributed by atoms with E-state index in [1.165, 1.54) is 0 Å². The third-order valence-corrected chi connectivity index (χ3v) is 2.52. The van der Waals surface area contributed by atoms with Crippen molar-refractivity contribution >= 4 is 18.0 Å². The van der Waals surface area contributed by atoms with Gasteiger partial charge in [-0.15, -0.1) is 0 Å². The standard InChI is InChI=1S/C10H16N2O6/c13-8(14)2-1-7(9(15)16)12-10(17)11-6-3-4-18-5-6/h6-7H,1-5H2,(H,13,14)(H,15,16)(H2,11,12,17). The van der Waals surface area contributed by atoms with Gasteiger partial charge in [0.05, 0.1) is 12.6 Å². The highest BCUT2D eigenvalue weighted by atomic mass is 16.5. The maximum absolute atomic E-state index is 11.5. The van der Waals surface area contributed by atoms with Crippen molar-refractivity contribution in [2.75, 3.05) is 13.2 Å². The van der Waals surface area contributed by atoms with E-state index < -0.39 is 24.0 Å². The van der Waals surface area contributed by atoms with Gasteiger partial charge >= 0.3 is 18.0 Å². The lowest BCUT2D eigenvalue weighted by Crippen LogP contribution is -2.49. The predicted octanol–water partition coefficient (Wildman–Crippen LogP) is -0.607. The summed E-state index contributed by atoms with van der Waals surface area (Å²) < 4.78 is 5.05. The smallest absolute Gasteiger partial charge is 0.326 e. The molecule has 0 aromatic carbocycles. The number of carboxylic acid groups (broad SMARTS) is 2. The summed E-state index contributed by atoms with van der Waals surface area (Å²) in [5.74, 6) is -2.36. The molecule has 1 aliphatic rings. The fourth-order valence-corrected chi connectivity index (χ4v) is 1.56. The number of hydrogen-bond acceptors (Lipinski definition) is 4. The summed E-state index contributed by atoms with van der Waals surface area (Å²) in [4.78, 5) is 32.6. The number of amides is 2. The minimum absolute atomic E-state index is 0.126. The fourth-order valence-electron chi connectivity index (χ4n) is 1.56. The summed E-state index contributed by atoms with van der Waals surface area (Å²) in [5.41, 5.74) is 0. The molecule has 1 fully saturated rings. The molecule has 8 heteroatoms. The number of rotatable bonds is 6. The molecular weight excluding hydrogens is 244 g/mol. The Morgan fingerprint density at radius 2 is 2.06 bits per heavy atom. The van der Waals surface area contributed by atoms with Crippen LogP contribution in [0, 0.1) is 0 Å². The van der Waals surface area contributed by atoms with E-state index in [0.717, 1.165) is 0 Å². The molecule has 1 saturated heterocycles. The lowest BCUT2D eigenvalue weighted by atomic mass is 10.1. The van der Waals surface area contributed by atoms with Gasteiger partial charge in [-0.1, -0.05) is 0 Å². The van der Waals surface area contributed by atoms with Crippen LogP contribution < -0.4 is 10.6 Å². The first-order valence-electron chi connectivity index (χ1n) is 5.58. The van der Waals surface area contributed by atoms with Gasteiger partial charge in [-0.2, -0.15) is 0 Å². The summed E-state index contributed by atoms with van der Waals surface area (Å²) in [6, 6.07) is -1.95. The van der Waals surface area contributed by atoms with Crippen LogP contribution in [0.25, 0.3) is 0 Å². The number of aliphatic carboxylic acids is 2. The van der Waals surface area contributed by atoms with Crippen LogP contribution in [-0.4, -0.2) is 53.5 Å². The monoisotopic (exact) mass is 260 g/mol. The summed E-state index contributed by atoms with van der Waals surface area (Å²) in [7, 11) is 0. The van der Waals surface area contributed by atoms with Crippen LogP contribution in [0.4, 0.5) is 4.79 Å². The Kier molecular flexibility index (Phi) is 5.37. The molecule has 0 aliphatic carbocycles. The van der Waals surface area contributed by atoms with Crippen molar-refractivity contribution in [3.8, 4) is 0 Å². The minimum atomic E-state index is -1.26. The molecule has 0 radical (unpaired) electrons. The normalized spacial score (nSPS) is 20.1. The van der Waals surface area contributed by atoms with Gasteiger partial charge < -0.3 is 25.6 Å². The number of urea groups is 1. The highest BCUT2D eigenvalue weighted by Gasteiger charge is 2.23. The zero-order valence-corrected chi connectivity index (χ0v) is 9.72. The molecule has 2 amide bonds. The first-order chi connectivity index (χ1) is 8.49. The molecule has 1 rings (SSSR count). The third kappa shape index (κ3) is 5.00. The molecule has 0 aromatic rings. The first kappa shape index (κ1) is 14.2. The molecule has 18 heavy (non-hydrogen) atoms. The number of ether oxygens (including phenoxy) is 1. The number of carbonyl (C=O) groups excluding carboxylic acids is 1. The van der Waals surface area contributed by atoms with Gasteiger partial charge in [0.2, 0.25) is 0 Å². The predicted molar refractivity (Wildman–Crippen MR) is 59.2 cm³/mol. The second kappa shape index (κ2) is 6.80. The average molecular weight is 260 g/mol. The molecule has 8 nitrogen and oxygen atoms in total. The zero-order chi connectivity index (χ0) is 13.5. The van der Waals surface area contributed by atoms with Gasteiger partial charge in [-0.05, 0) is 12.8 Å². The van der Waals surface area contributed by atoms with Gasteiger partial charge in [0.25, 0.3) is 0 Å². The minimum Gasteiger partial charge on any atom is -0.481 e. The molecule has 2 atom stereocenters. The van der Waals surface area contributed by atoms with E-state index in [1.807, 2.05) is 0 Å². The Balaban J connectivity index is 2.36. The van der Waals surface area contributed by atoms with Crippen LogP contribution in [0.3, 0.4) is 0 Å². The topological polar surface area (TPSA) is 125 Å². The van der Waals surface area contributed by atoms with Crippen LogP contribution in [-0.2, 0) is 14.3 Å². The second-order valence-electron chi connectivity index (χ2n) is 4.00. The molecular formula is C10H16N2O6. The second-order valence-corrected chi connectivity index (χ2v) is 4.00. The molecule has 102 valence electrons. The van der Waals surface area contributed by atoms with E-state index in [2.05, 4.69) is 10.6 Å². The van der Waals surface area contributed by atoms with Gasteiger partial charge in [0.1, 0.15) is 6.04 Å². The highest BCUT2D eigenvalue weighted by molar-refractivity contribution is 5.83. The molecule has 0 spiro atoms. The number of carboxylic acids is 2. The molecule has 1 aliphatic heterocycles. The van der Waals surface area contributed by atoms with E-state index in [0.29, 0.717) is 19.6 Å². The Hall–Kier alpha value is -1.83. The average Bonchev–Trinajstić information content (AvgIpc) is 2.76. The van der Waals surface area contributed by atoms with Gasteiger partial charge in [-0.25, -0.2) is 9.59 Å². The largest absolute Gasteiger partial charge is 0.481 e. The fraction of sp³-hybridized carbons (Fsp3) is 0.700. The van der Waals surface area contributed by atoms with E-state index in [9.17, 15) is 14.4 Å². The Labute approximate surface area is 103 Å². The van der Waals surface area contributed by atoms with Gasteiger partial charge in [0.15, 0.2) is 0 Å². The first-order valence-corrected chi connectivity index (χ1v) is 5.58. The quantitative estimate of drug-likeness (QED) is 0.505. The molecule has 0 aromatic heterocycles. The summed E-state index contributed by atoms with van der Waals surface area (Å²) >= 11 is 0. The maximum Gasteiger partial charge on any atom is 0.326 e. The molecule has 0 saturated carbocycles. The van der Waals surface area contributed by atoms with Crippen molar-refractivity contribution in [1.29, 1.82) is 0 Å². The van der Waals surface area contributed by atoms with Crippen molar-refractivity contribution < 1.29 is 29.3 Å². The van der Waals surface area contributed by atoms with Crippen molar-refractivity contribution in [2.24, 2.45) is 0 Å². The highest BCUT2D eigenvalue weighted by Crippen LogP contribution is 2.03. The van der Waals surface area contributed by atoms with Crippen LogP contribution in [0.5, 0.6) is 0 Å². The summed E-state index contributed by atoms with van der Waals surface area (Å²) in [6.45, 7) is 0.965. The van der Waals surface area contributed by atoms with Crippen molar-refractivity contribution in [1.82, 2.24) is 10.6 Å². The summed E-state index contributed by atoms with van der Waals surface area (Å²) in [5, 5.41) is 22.1. The van der Waals surface area contributed by atoms with Crippen molar-refractivity contribution in [2.45, 2.75) is 31.3 Å². The SMILES string of the molecule is O=C(O)CCC(NC(=O)NC1CCOC1)C(=O)O. The Morgan fingerprint density at radius 1 is 1.33 bits per heavy atom. The molecule has 4 N–H and O–H groups in total. The lowest BCUT2D eigenvalue weighted by Gasteiger charge is -2.16. The van der Waals surface area contributed by atoms with E-state index >= 15 is 0 Å². The summed E-state index contributed by atoms with van der Waals surface area (Å²) in [6.07, 6.45) is 0.212. The number of carbonyl (C=O) groups is 3. The van der Waals surface area contributed by atoms with E-state index in [4.69, 9.17) is 14.9 Å². The zero-order valence-electron chi connectivity index (χ0n) is 9.72. The third-order valence-electron chi connectivity index (χ3n) is 2.52. The van der Waals surface area contributed by atoms with Crippen LogP contribution in [0.2, 0.25) is 0 Å². The van der Waals surface area contributed by atoms with E-state index in [-0.39, 0.29) is 18.9 Å². The van der Waals surface area contributed by atoms with Crippen LogP contribution in [0.15, 0.2) is 0 Å². The Morgan fingerprint density at radius 3 is 2.56 bits per heavy atom. The van der Waals surface area contributed by atoms with Crippen LogP contribution >= 0.6 is 0 Å². The number of hydrogen-bond donors (Lipinski definition) is 4. The van der Waals surface area contributed by atoms with Crippen molar-refractivity contribution in [3.05, 3.63) is 0 Å². The molecule has 0 bridgehead atoms. The van der Waals surface area contributed by atoms with Crippen molar-refractivity contribution in [3.63, 3.8) is 0 Å². The van der Waals surface area contributed by atoms with Crippen LogP contribution in [0.1, 0.15) is 19.3 Å². The molecule has 1 heterocycles. The molecule has 2 unspecified atom stereocenters. The van der Waals surface area contributed by atoms with E-state index in [1.54, 1.807) is 0 Å². The number of nitrogens with one attached hydrogen (secondary N) is 2. The maximum atomic E-state index is 11.5. The van der Waals surface area contributed by atoms with Gasteiger partial charge in [-0.3, -0.25) is 4.79 Å². The Bertz CT molecular complexity index is 326. The lowest BCUT2D eigenvalue weighted by molar-refractivity contribution is -0.140. The van der Waals surface area contributed by atoms with Gasteiger partial charge in [0, 0.05) is 13.0 Å².